The van der Waals surface area contributed by atoms with E-state index in [2.05, 4.69) is 249 Å². The lowest BCUT2D eigenvalue weighted by atomic mass is 9.73. The molecule has 12 rings (SSSR count). The lowest BCUT2D eigenvalue weighted by Gasteiger charge is -2.29. The monoisotopic (exact) mass is 909 g/mol. The minimum absolute atomic E-state index is 0.0349. The maximum atomic E-state index is 6.38. The lowest BCUT2D eigenvalue weighted by molar-refractivity contribution is 0.669. The van der Waals surface area contributed by atoms with Gasteiger partial charge in [-0.1, -0.05) is 255 Å². The summed E-state index contributed by atoms with van der Waals surface area (Å²) in [4.78, 5) is 15.7. The maximum Gasteiger partial charge on any atom is 0.164 e. The van der Waals surface area contributed by atoms with E-state index in [0.717, 1.165) is 72.0 Å². The van der Waals surface area contributed by atoms with Gasteiger partial charge >= 0.3 is 0 Å². The van der Waals surface area contributed by atoms with Crippen molar-refractivity contribution in [3.63, 3.8) is 0 Å². The molecule has 336 valence electrons. The number of nitrogens with zero attached hydrogens (tertiary/aromatic N) is 3. The van der Waals surface area contributed by atoms with Crippen LogP contribution in [0.2, 0.25) is 0 Å². The number of hydrogen-bond acceptors (Lipinski definition) is 4. The van der Waals surface area contributed by atoms with Gasteiger partial charge in [0.25, 0.3) is 0 Å². The van der Waals surface area contributed by atoms with Crippen molar-refractivity contribution in [3.8, 4) is 34.2 Å². The first-order valence-corrected chi connectivity index (χ1v) is 24.2. The molecule has 4 nitrogen and oxygen atoms in total. The number of benzene rings is 10. The maximum absolute atomic E-state index is 6.38. The molecule has 4 heteroatoms. The fourth-order valence-corrected chi connectivity index (χ4v) is 10.1. The zero-order valence-electron chi connectivity index (χ0n) is 38.9. The van der Waals surface area contributed by atoms with E-state index in [1.54, 1.807) is 0 Å². The molecule has 0 aliphatic heterocycles. The topological polar surface area (TPSA) is 51.8 Å². The highest BCUT2D eigenvalue weighted by Crippen LogP contribution is 2.44. The Morgan fingerprint density at radius 2 is 0.592 bits per heavy atom. The summed E-state index contributed by atoms with van der Waals surface area (Å²) in [6.45, 7) is 0. The molecule has 0 N–H and O–H groups in total. The molecule has 0 saturated carbocycles. The molecule has 10 aromatic carbocycles. The largest absolute Gasteiger partial charge is 0.456 e. The van der Waals surface area contributed by atoms with Crippen LogP contribution in [0.25, 0.3) is 67.2 Å². The van der Waals surface area contributed by atoms with E-state index < -0.39 is 0 Å². The molecule has 0 bridgehead atoms. The van der Waals surface area contributed by atoms with Crippen molar-refractivity contribution in [1.29, 1.82) is 0 Å². The van der Waals surface area contributed by atoms with Gasteiger partial charge < -0.3 is 4.42 Å². The van der Waals surface area contributed by atoms with Crippen LogP contribution >= 0.6 is 0 Å². The summed E-state index contributed by atoms with van der Waals surface area (Å²) in [6, 6.07) is 96.4. The molecule has 2 aromatic heterocycles. The molecule has 12 aromatic rings. The van der Waals surface area contributed by atoms with Gasteiger partial charge in [-0.05, 0) is 73.9 Å². The van der Waals surface area contributed by atoms with Crippen LogP contribution in [0.5, 0.6) is 0 Å². The summed E-state index contributed by atoms with van der Waals surface area (Å²) >= 11 is 0. The van der Waals surface area contributed by atoms with Gasteiger partial charge in [-0.2, -0.15) is 0 Å². The van der Waals surface area contributed by atoms with Gasteiger partial charge in [0.05, 0.1) is 0 Å². The average molecular weight is 910 g/mol. The Kier molecular flexibility index (Phi) is 11.8. The van der Waals surface area contributed by atoms with E-state index in [9.17, 15) is 0 Å². The van der Waals surface area contributed by atoms with E-state index in [1.807, 2.05) is 24.3 Å². The van der Waals surface area contributed by atoms with Gasteiger partial charge in [-0.15, -0.1) is 0 Å². The van der Waals surface area contributed by atoms with Crippen molar-refractivity contribution in [3.05, 3.63) is 317 Å². The van der Waals surface area contributed by atoms with Crippen molar-refractivity contribution >= 4 is 33.1 Å². The highest BCUT2D eigenvalue weighted by molar-refractivity contribution is 6.06. The minimum atomic E-state index is 0.0349. The number of hydrogen-bond donors (Lipinski definition) is 0. The summed E-state index contributed by atoms with van der Waals surface area (Å²) in [5.41, 5.74) is 16.0. The SMILES string of the molecule is c1ccc(C(=C(c2ccccc2)c2ccc(-c3nc(-c4ccc(C(c5ccccc5)C(c5ccccc5)c5ccccc5)cc4)nc(-c4ccc5c(c4)oc4ccccc45)n3)cc2)c2ccccc2)cc1. The predicted molar refractivity (Wildman–Crippen MR) is 291 cm³/mol. The number of para-hydroxylation sites is 1. The van der Waals surface area contributed by atoms with Crippen LogP contribution in [0, 0.1) is 0 Å². The van der Waals surface area contributed by atoms with Crippen LogP contribution in [0.1, 0.15) is 56.3 Å². The lowest BCUT2D eigenvalue weighted by Crippen LogP contribution is -2.14. The molecule has 0 radical (unpaired) electrons. The van der Waals surface area contributed by atoms with E-state index >= 15 is 0 Å². The highest BCUT2D eigenvalue weighted by Gasteiger charge is 2.28. The van der Waals surface area contributed by atoms with Gasteiger partial charge in [0.15, 0.2) is 17.5 Å². The molecule has 0 aliphatic rings. The number of aromatic nitrogens is 3. The fourth-order valence-electron chi connectivity index (χ4n) is 10.1. The standard InChI is InChI=1S/C67H47N3O/c1-7-21-46(22-8-1)61(47-23-9-2-10-24-47)63(50-29-15-5-16-30-50)52-35-39-54(40-36-52)65-68-66(70-67(69-65)56-43-44-58-57-33-19-20-34-59(57)71-60(58)45-56)55-41-37-53(38-42-55)64(51-31-17-6-18-32-51)62(48-25-11-3-12-26-48)49-27-13-4-14-28-49/h1-45,61,63H. The summed E-state index contributed by atoms with van der Waals surface area (Å²) < 4.78 is 6.38. The third-order valence-corrected chi connectivity index (χ3v) is 13.5. The van der Waals surface area contributed by atoms with Crippen LogP contribution in [0.15, 0.2) is 277 Å². The Labute approximate surface area is 414 Å². The van der Waals surface area contributed by atoms with Crippen molar-refractivity contribution in [2.75, 3.05) is 0 Å². The Hall–Kier alpha value is -9.25. The first-order valence-electron chi connectivity index (χ1n) is 24.2. The van der Waals surface area contributed by atoms with Crippen LogP contribution in [0.4, 0.5) is 0 Å². The van der Waals surface area contributed by atoms with Crippen LogP contribution in [-0.4, -0.2) is 15.0 Å². The zero-order chi connectivity index (χ0) is 47.3. The average Bonchev–Trinajstić information content (AvgIpc) is 3.83. The summed E-state index contributed by atoms with van der Waals surface area (Å²) in [6.07, 6.45) is 0. The second-order valence-corrected chi connectivity index (χ2v) is 17.9. The summed E-state index contributed by atoms with van der Waals surface area (Å²) in [5.74, 6) is 1.84. The molecule has 0 saturated heterocycles. The normalized spacial score (nSPS) is 11.7. The second-order valence-electron chi connectivity index (χ2n) is 17.9. The van der Waals surface area contributed by atoms with Gasteiger partial charge in [0.2, 0.25) is 0 Å². The minimum Gasteiger partial charge on any atom is -0.456 e. The number of rotatable bonds is 12. The second kappa shape index (κ2) is 19.4. The van der Waals surface area contributed by atoms with Crippen molar-refractivity contribution < 1.29 is 4.42 Å². The molecule has 2 heterocycles. The third-order valence-electron chi connectivity index (χ3n) is 13.5. The van der Waals surface area contributed by atoms with Gasteiger partial charge in [-0.25, -0.2) is 15.0 Å². The van der Waals surface area contributed by atoms with E-state index in [4.69, 9.17) is 19.4 Å². The van der Waals surface area contributed by atoms with Gasteiger partial charge in [-0.3, -0.25) is 0 Å². The molecule has 0 aliphatic carbocycles. The number of fused-ring (bicyclic) bond motifs is 3. The van der Waals surface area contributed by atoms with Crippen molar-refractivity contribution in [2.24, 2.45) is 0 Å². The van der Waals surface area contributed by atoms with Crippen molar-refractivity contribution in [2.45, 2.75) is 11.8 Å². The molecule has 1 atom stereocenters. The molecular weight excluding hydrogens is 863 g/mol. The van der Waals surface area contributed by atoms with Gasteiger partial charge in [0.1, 0.15) is 11.2 Å². The fraction of sp³-hybridized carbons (Fsp3) is 0.0299. The molecule has 0 amide bonds. The van der Waals surface area contributed by atoms with E-state index in [-0.39, 0.29) is 11.8 Å². The molecule has 0 spiro atoms. The van der Waals surface area contributed by atoms with Crippen LogP contribution in [0.3, 0.4) is 0 Å². The van der Waals surface area contributed by atoms with Crippen LogP contribution < -0.4 is 0 Å². The third kappa shape index (κ3) is 8.76. The Bertz CT molecular complexity index is 3680. The molecular formula is C67H47N3O. The first-order chi connectivity index (χ1) is 35.2. The van der Waals surface area contributed by atoms with Gasteiger partial charge in [0, 0.05) is 39.3 Å². The van der Waals surface area contributed by atoms with Crippen LogP contribution in [-0.2, 0) is 0 Å². The van der Waals surface area contributed by atoms with E-state index in [0.29, 0.717) is 17.5 Å². The molecule has 0 fully saturated rings. The summed E-state index contributed by atoms with van der Waals surface area (Å²) in [7, 11) is 0. The zero-order valence-corrected chi connectivity index (χ0v) is 38.9. The quantitative estimate of drug-likeness (QED) is 0.115. The summed E-state index contributed by atoms with van der Waals surface area (Å²) in [5, 5.41) is 2.13. The molecule has 1 unspecified atom stereocenters. The van der Waals surface area contributed by atoms with Crippen molar-refractivity contribution in [1.82, 2.24) is 15.0 Å². The Morgan fingerprint density at radius 3 is 1.04 bits per heavy atom. The molecule has 71 heavy (non-hydrogen) atoms. The smallest absolute Gasteiger partial charge is 0.164 e. The predicted octanol–water partition coefficient (Wildman–Crippen LogP) is 16.7. The number of furan rings is 1. The van der Waals surface area contributed by atoms with E-state index in [1.165, 1.54) is 22.3 Å². The Morgan fingerprint density at radius 1 is 0.268 bits per heavy atom. The Balaban J connectivity index is 0.992. The first kappa shape index (κ1) is 43.1. The highest BCUT2D eigenvalue weighted by atomic mass is 16.3.